The Morgan fingerprint density at radius 3 is 2.62 bits per heavy atom. The molecule has 0 saturated heterocycles. The Bertz CT molecular complexity index is 682. The van der Waals surface area contributed by atoms with Crippen molar-refractivity contribution >= 4 is 27.5 Å². The highest BCUT2D eigenvalue weighted by molar-refractivity contribution is 7.89. The second-order valence-corrected chi connectivity index (χ2v) is 7.01. The summed E-state index contributed by atoms with van der Waals surface area (Å²) in [5.41, 5.74) is 0.206. The molecule has 1 amide bonds. The number of sulfonamides is 1. The Hall–Kier alpha value is -1.62. The normalized spacial score (nSPS) is 12.8. The van der Waals surface area contributed by atoms with E-state index >= 15 is 0 Å². The molecule has 0 saturated carbocycles. The molecule has 0 aliphatic heterocycles. The molecule has 1 aromatic rings. The monoisotopic (exact) mass is 329 g/mol. The summed E-state index contributed by atoms with van der Waals surface area (Å²) in [5, 5.41) is 11.3. The van der Waals surface area contributed by atoms with Crippen LogP contribution in [0.25, 0.3) is 0 Å². The van der Waals surface area contributed by atoms with Crippen LogP contribution in [0.2, 0.25) is 5.02 Å². The van der Waals surface area contributed by atoms with Crippen molar-refractivity contribution in [2.45, 2.75) is 11.8 Å². The summed E-state index contributed by atoms with van der Waals surface area (Å²) in [6.07, 6.45) is 0. The van der Waals surface area contributed by atoms with Crippen molar-refractivity contribution in [2.75, 3.05) is 20.6 Å². The first-order valence-corrected chi connectivity index (χ1v) is 7.93. The number of hydrogen-bond donors (Lipinski definition) is 1. The van der Waals surface area contributed by atoms with Crippen LogP contribution in [0.1, 0.15) is 12.5 Å². The fourth-order valence-corrected chi connectivity index (χ4v) is 3.31. The summed E-state index contributed by atoms with van der Waals surface area (Å²) in [6.45, 7) is 1.68. The molecule has 0 radical (unpaired) electrons. The number of carbonyl (C=O) groups is 1. The minimum atomic E-state index is -3.76. The van der Waals surface area contributed by atoms with E-state index in [1.807, 2.05) is 6.07 Å². The first kappa shape index (κ1) is 17.4. The van der Waals surface area contributed by atoms with Crippen LogP contribution >= 0.6 is 11.6 Å². The largest absolute Gasteiger partial charge is 0.359 e. The molecule has 1 N–H and O–H groups in total. The van der Waals surface area contributed by atoms with Gasteiger partial charge in [0.2, 0.25) is 15.9 Å². The predicted octanol–water partition coefficient (Wildman–Crippen LogP) is 1.21. The summed E-state index contributed by atoms with van der Waals surface area (Å²) in [4.78, 5) is 11.4. The van der Waals surface area contributed by atoms with Gasteiger partial charge in [0.15, 0.2) is 0 Å². The number of nitriles is 1. The van der Waals surface area contributed by atoms with Crippen LogP contribution in [-0.2, 0) is 14.8 Å². The molecule has 1 rings (SSSR count). The van der Waals surface area contributed by atoms with Crippen molar-refractivity contribution in [3.05, 3.63) is 28.8 Å². The Labute approximate surface area is 129 Å². The van der Waals surface area contributed by atoms with Gasteiger partial charge in [-0.1, -0.05) is 18.5 Å². The van der Waals surface area contributed by atoms with Gasteiger partial charge in [-0.05, 0) is 18.2 Å². The van der Waals surface area contributed by atoms with Gasteiger partial charge in [-0.2, -0.15) is 5.26 Å². The van der Waals surface area contributed by atoms with Crippen LogP contribution in [0.5, 0.6) is 0 Å². The van der Waals surface area contributed by atoms with Gasteiger partial charge < -0.3 is 5.32 Å². The van der Waals surface area contributed by atoms with Gasteiger partial charge in [-0.15, -0.1) is 0 Å². The topological polar surface area (TPSA) is 90.3 Å². The van der Waals surface area contributed by atoms with E-state index in [4.69, 9.17) is 16.9 Å². The molecule has 0 heterocycles. The number of hydrogen-bond acceptors (Lipinski definition) is 4. The van der Waals surface area contributed by atoms with E-state index in [1.54, 1.807) is 6.92 Å². The number of benzene rings is 1. The van der Waals surface area contributed by atoms with E-state index < -0.39 is 15.9 Å². The van der Waals surface area contributed by atoms with Crippen molar-refractivity contribution in [3.63, 3.8) is 0 Å². The average Bonchev–Trinajstić information content (AvgIpc) is 2.45. The minimum absolute atomic E-state index is 0.0156. The van der Waals surface area contributed by atoms with Crippen molar-refractivity contribution in [1.29, 1.82) is 5.26 Å². The first-order valence-electron chi connectivity index (χ1n) is 6.11. The zero-order valence-corrected chi connectivity index (χ0v) is 13.5. The standard InChI is InChI=1S/C13H16ClN3O3S/c1-9(13(18)16-2)8-17(3)21(19,20)11-5-4-10(7-15)12(14)6-11/h4-6,9H,8H2,1-3H3,(H,16,18). The highest BCUT2D eigenvalue weighted by Crippen LogP contribution is 2.22. The van der Waals surface area contributed by atoms with E-state index in [0.717, 1.165) is 4.31 Å². The number of carbonyl (C=O) groups excluding carboxylic acids is 1. The van der Waals surface area contributed by atoms with Crippen molar-refractivity contribution in [1.82, 2.24) is 9.62 Å². The molecule has 1 aromatic carbocycles. The van der Waals surface area contributed by atoms with Crippen LogP contribution in [0, 0.1) is 17.2 Å². The van der Waals surface area contributed by atoms with Gasteiger partial charge in [0.25, 0.3) is 0 Å². The van der Waals surface area contributed by atoms with E-state index in [9.17, 15) is 13.2 Å². The SMILES string of the molecule is CNC(=O)C(C)CN(C)S(=O)(=O)c1ccc(C#N)c(Cl)c1. The Morgan fingerprint density at radius 1 is 1.52 bits per heavy atom. The van der Waals surface area contributed by atoms with E-state index in [0.29, 0.717) is 0 Å². The molecule has 1 unspecified atom stereocenters. The van der Waals surface area contributed by atoms with Gasteiger partial charge in [0, 0.05) is 26.6 Å². The van der Waals surface area contributed by atoms with Crippen LogP contribution in [0.3, 0.4) is 0 Å². The fraction of sp³-hybridized carbons (Fsp3) is 0.385. The van der Waals surface area contributed by atoms with Crippen LogP contribution in [0.15, 0.2) is 23.1 Å². The maximum Gasteiger partial charge on any atom is 0.242 e. The quantitative estimate of drug-likeness (QED) is 0.879. The number of halogens is 1. The van der Waals surface area contributed by atoms with Crippen LogP contribution < -0.4 is 5.32 Å². The number of rotatable bonds is 5. The van der Waals surface area contributed by atoms with Gasteiger partial charge in [0.1, 0.15) is 6.07 Å². The highest BCUT2D eigenvalue weighted by Gasteiger charge is 2.25. The van der Waals surface area contributed by atoms with Gasteiger partial charge in [0.05, 0.1) is 15.5 Å². The predicted molar refractivity (Wildman–Crippen MR) is 79.2 cm³/mol. The van der Waals surface area contributed by atoms with Crippen LogP contribution in [0.4, 0.5) is 0 Å². The minimum Gasteiger partial charge on any atom is -0.359 e. The molecule has 0 bridgehead atoms. The molecule has 114 valence electrons. The lowest BCUT2D eigenvalue weighted by Crippen LogP contribution is -2.37. The summed E-state index contributed by atoms with van der Waals surface area (Å²) in [5.74, 6) is -0.724. The zero-order valence-electron chi connectivity index (χ0n) is 11.9. The van der Waals surface area contributed by atoms with Crippen molar-refractivity contribution in [2.24, 2.45) is 5.92 Å². The molecule has 21 heavy (non-hydrogen) atoms. The first-order chi connectivity index (χ1) is 9.73. The molecule has 0 aromatic heterocycles. The van der Waals surface area contributed by atoms with Crippen LogP contribution in [-0.4, -0.2) is 39.3 Å². The lowest BCUT2D eigenvalue weighted by Gasteiger charge is -2.20. The fourth-order valence-electron chi connectivity index (χ4n) is 1.74. The molecular weight excluding hydrogens is 314 g/mol. The summed E-state index contributed by atoms with van der Waals surface area (Å²) < 4.78 is 25.9. The van der Waals surface area contributed by atoms with E-state index in [2.05, 4.69) is 5.32 Å². The Morgan fingerprint density at radius 2 is 2.14 bits per heavy atom. The lowest BCUT2D eigenvalue weighted by molar-refractivity contribution is -0.124. The summed E-state index contributed by atoms with van der Waals surface area (Å²) >= 11 is 5.85. The second kappa shape index (κ2) is 6.89. The average molecular weight is 330 g/mol. The molecule has 0 aliphatic carbocycles. The Balaban J connectivity index is 3.03. The summed E-state index contributed by atoms with van der Waals surface area (Å²) in [6, 6.07) is 5.77. The van der Waals surface area contributed by atoms with Crippen molar-refractivity contribution in [3.8, 4) is 6.07 Å². The maximum atomic E-state index is 12.4. The Kier molecular flexibility index (Phi) is 5.72. The zero-order chi connectivity index (χ0) is 16.2. The summed E-state index contributed by atoms with van der Waals surface area (Å²) in [7, 11) is -0.880. The smallest absolute Gasteiger partial charge is 0.242 e. The van der Waals surface area contributed by atoms with Gasteiger partial charge in [-0.3, -0.25) is 4.79 Å². The number of nitrogens with zero attached hydrogens (tertiary/aromatic N) is 2. The molecule has 8 heteroatoms. The third-order valence-electron chi connectivity index (χ3n) is 2.99. The third kappa shape index (κ3) is 3.94. The highest BCUT2D eigenvalue weighted by atomic mass is 35.5. The van der Waals surface area contributed by atoms with E-state index in [1.165, 1.54) is 32.3 Å². The number of amides is 1. The molecule has 0 spiro atoms. The molecule has 0 aliphatic rings. The second-order valence-electron chi connectivity index (χ2n) is 4.55. The maximum absolute atomic E-state index is 12.4. The van der Waals surface area contributed by atoms with Gasteiger partial charge in [-0.25, -0.2) is 12.7 Å². The molecule has 1 atom stereocenters. The number of nitrogens with one attached hydrogen (secondary N) is 1. The van der Waals surface area contributed by atoms with Gasteiger partial charge >= 0.3 is 0 Å². The lowest BCUT2D eigenvalue weighted by atomic mass is 10.2. The third-order valence-corrected chi connectivity index (χ3v) is 5.13. The molecule has 6 nitrogen and oxygen atoms in total. The molecular formula is C13H16ClN3O3S. The van der Waals surface area contributed by atoms with E-state index in [-0.39, 0.29) is 27.9 Å². The van der Waals surface area contributed by atoms with Crippen molar-refractivity contribution < 1.29 is 13.2 Å². The molecule has 0 fully saturated rings.